The molecule has 0 spiro atoms. The van der Waals surface area contributed by atoms with Crippen molar-refractivity contribution in [3.63, 3.8) is 0 Å². The first-order valence-corrected chi connectivity index (χ1v) is 5.90. The van der Waals surface area contributed by atoms with E-state index in [0.29, 0.717) is 12.4 Å². The van der Waals surface area contributed by atoms with Crippen molar-refractivity contribution in [2.75, 3.05) is 5.32 Å². The number of carbonyl (C=O) groups excluding carboxylic acids is 1. The largest absolute Gasteiger partial charge is 0.295 e. The van der Waals surface area contributed by atoms with Gasteiger partial charge in [0.25, 0.3) is 0 Å². The van der Waals surface area contributed by atoms with Crippen molar-refractivity contribution in [1.82, 2.24) is 9.97 Å². The third-order valence-corrected chi connectivity index (χ3v) is 1.82. The first kappa shape index (κ1) is 14.6. The minimum absolute atomic E-state index is 0. The van der Waals surface area contributed by atoms with Crippen molar-refractivity contribution in [3.8, 4) is 0 Å². The molecule has 1 N–H and O–H groups in total. The summed E-state index contributed by atoms with van der Waals surface area (Å²) < 4.78 is 0. The van der Waals surface area contributed by atoms with Gasteiger partial charge in [-0.2, -0.15) is 0 Å². The van der Waals surface area contributed by atoms with Crippen molar-refractivity contribution in [2.45, 2.75) is 46.5 Å². The number of hydrogen-bond donors (Lipinski definition) is 1. The highest BCUT2D eigenvalue weighted by molar-refractivity contribution is 5.88. The van der Waals surface area contributed by atoms with Gasteiger partial charge in [0.05, 0.1) is 0 Å². The Bertz CT molecular complexity index is 280. The molecule has 0 aromatic carbocycles. The molecule has 0 fully saturated rings. The molecule has 4 nitrogen and oxygen atoms in total. The van der Waals surface area contributed by atoms with Crippen LogP contribution in [0.25, 0.3) is 0 Å². The fraction of sp³-hybridized carbons (Fsp3) is 0.583. The lowest BCUT2D eigenvalue weighted by Gasteiger charge is -2.01. The summed E-state index contributed by atoms with van der Waals surface area (Å²) >= 11 is 0. The van der Waals surface area contributed by atoms with E-state index in [0.717, 1.165) is 19.3 Å². The molecule has 0 aliphatic carbocycles. The standard InChI is InChI=1S/C10H15N3O.C2H6.H2/c1-2-3-4-6-9(14)13-10-11-7-5-8-12-10;1-2;/h5,7-8H,2-4,6H2,1H3,(H,11,12,13,14);1-2H3;1H. The lowest BCUT2D eigenvalue weighted by Crippen LogP contribution is -2.13. The third-order valence-electron chi connectivity index (χ3n) is 1.82. The number of anilines is 1. The topological polar surface area (TPSA) is 54.9 Å². The average Bonchev–Trinajstić information content (AvgIpc) is 2.33. The molecule has 0 unspecified atom stereocenters. The number of aromatic nitrogens is 2. The number of hydrogen-bond acceptors (Lipinski definition) is 3. The van der Waals surface area contributed by atoms with Gasteiger partial charge in [-0.05, 0) is 12.5 Å². The molecule has 0 bridgehead atoms. The first-order valence-electron chi connectivity index (χ1n) is 5.90. The molecule has 0 saturated carbocycles. The summed E-state index contributed by atoms with van der Waals surface area (Å²) in [6, 6.07) is 1.72. The Balaban J connectivity index is 0. The summed E-state index contributed by atoms with van der Waals surface area (Å²) in [5, 5.41) is 2.64. The third kappa shape index (κ3) is 6.92. The van der Waals surface area contributed by atoms with Crippen LogP contribution in [-0.4, -0.2) is 15.9 Å². The van der Waals surface area contributed by atoms with Gasteiger partial charge < -0.3 is 0 Å². The van der Waals surface area contributed by atoms with E-state index in [1.54, 1.807) is 18.5 Å². The maximum Gasteiger partial charge on any atom is 0.229 e. The van der Waals surface area contributed by atoms with Crippen LogP contribution in [-0.2, 0) is 4.79 Å². The van der Waals surface area contributed by atoms with E-state index >= 15 is 0 Å². The SMILES string of the molecule is CC.CCCCCC(=O)Nc1ncccn1.[HH]. The highest BCUT2D eigenvalue weighted by Gasteiger charge is 2.02. The van der Waals surface area contributed by atoms with Gasteiger partial charge in [-0.3, -0.25) is 10.1 Å². The summed E-state index contributed by atoms with van der Waals surface area (Å²) in [4.78, 5) is 19.1. The van der Waals surface area contributed by atoms with Crippen LogP contribution in [0.5, 0.6) is 0 Å². The summed E-state index contributed by atoms with van der Waals surface area (Å²) in [6.45, 7) is 6.11. The minimum atomic E-state index is -0.00958. The van der Waals surface area contributed by atoms with Crippen molar-refractivity contribution < 1.29 is 6.22 Å². The van der Waals surface area contributed by atoms with Crippen LogP contribution in [0.4, 0.5) is 5.95 Å². The molecule has 1 amide bonds. The second kappa shape index (κ2) is 10.1. The van der Waals surface area contributed by atoms with Crippen LogP contribution < -0.4 is 5.32 Å². The van der Waals surface area contributed by atoms with Gasteiger partial charge in [-0.1, -0.05) is 33.6 Å². The highest BCUT2D eigenvalue weighted by atomic mass is 16.1. The number of carbonyl (C=O) groups is 1. The van der Waals surface area contributed by atoms with Gasteiger partial charge in [-0.25, -0.2) is 9.97 Å². The molecular formula is C12H23N3O. The van der Waals surface area contributed by atoms with Gasteiger partial charge >= 0.3 is 0 Å². The van der Waals surface area contributed by atoms with Crippen LogP contribution in [0.3, 0.4) is 0 Å². The molecule has 1 aromatic rings. The minimum Gasteiger partial charge on any atom is -0.295 e. The van der Waals surface area contributed by atoms with E-state index in [4.69, 9.17) is 0 Å². The lowest BCUT2D eigenvalue weighted by molar-refractivity contribution is -0.116. The molecule has 1 rings (SSSR count). The first-order chi connectivity index (χ1) is 7.83. The van der Waals surface area contributed by atoms with E-state index < -0.39 is 0 Å². The molecular weight excluding hydrogens is 202 g/mol. The summed E-state index contributed by atoms with van der Waals surface area (Å²) in [5.74, 6) is 0.374. The molecule has 92 valence electrons. The van der Waals surface area contributed by atoms with Crippen molar-refractivity contribution in [3.05, 3.63) is 18.5 Å². The zero-order valence-corrected chi connectivity index (χ0v) is 10.4. The Labute approximate surface area is 99.0 Å². The fourth-order valence-corrected chi connectivity index (χ4v) is 1.09. The second-order valence-corrected chi connectivity index (χ2v) is 3.08. The average molecular weight is 225 g/mol. The van der Waals surface area contributed by atoms with Crippen LogP contribution in [0, 0.1) is 0 Å². The van der Waals surface area contributed by atoms with E-state index in [1.165, 1.54) is 0 Å². The monoisotopic (exact) mass is 225 g/mol. The fourth-order valence-electron chi connectivity index (χ4n) is 1.09. The Kier molecular flexibility index (Phi) is 9.17. The van der Waals surface area contributed by atoms with Crippen molar-refractivity contribution in [2.24, 2.45) is 0 Å². The molecule has 0 atom stereocenters. The normalized spacial score (nSPS) is 8.94. The van der Waals surface area contributed by atoms with Crippen molar-refractivity contribution in [1.29, 1.82) is 0 Å². The maximum atomic E-state index is 11.3. The zero-order valence-electron chi connectivity index (χ0n) is 10.4. The Morgan fingerprint density at radius 3 is 2.50 bits per heavy atom. The smallest absolute Gasteiger partial charge is 0.229 e. The molecule has 4 heteroatoms. The van der Waals surface area contributed by atoms with E-state index in [-0.39, 0.29) is 7.33 Å². The molecule has 1 heterocycles. The van der Waals surface area contributed by atoms with Gasteiger partial charge in [0.1, 0.15) is 0 Å². The maximum absolute atomic E-state index is 11.3. The van der Waals surface area contributed by atoms with E-state index in [2.05, 4.69) is 22.2 Å². The van der Waals surface area contributed by atoms with E-state index in [9.17, 15) is 4.79 Å². The van der Waals surface area contributed by atoms with Gasteiger partial charge in [0, 0.05) is 20.2 Å². The van der Waals surface area contributed by atoms with Crippen LogP contribution in [0.15, 0.2) is 18.5 Å². The quantitative estimate of drug-likeness (QED) is 0.782. The highest BCUT2D eigenvalue weighted by Crippen LogP contribution is 2.01. The number of nitrogens with one attached hydrogen (secondary N) is 1. The Hall–Kier alpha value is -1.45. The van der Waals surface area contributed by atoms with Crippen LogP contribution in [0.2, 0.25) is 0 Å². The lowest BCUT2D eigenvalue weighted by atomic mass is 10.2. The van der Waals surface area contributed by atoms with Gasteiger partial charge in [0.15, 0.2) is 0 Å². The number of amides is 1. The Morgan fingerprint density at radius 1 is 1.31 bits per heavy atom. The summed E-state index contributed by atoms with van der Waals surface area (Å²) in [7, 11) is 0. The predicted molar refractivity (Wildman–Crippen MR) is 68.3 cm³/mol. The second-order valence-electron chi connectivity index (χ2n) is 3.08. The predicted octanol–water partition coefficient (Wildman–Crippen LogP) is 3.27. The molecule has 1 aromatic heterocycles. The summed E-state index contributed by atoms with van der Waals surface area (Å²) in [6.07, 6.45) is 6.89. The number of rotatable bonds is 5. The number of nitrogens with zero attached hydrogens (tertiary/aromatic N) is 2. The molecule has 0 aliphatic heterocycles. The van der Waals surface area contributed by atoms with Crippen molar-refractivity contribution >= 4 is 11.9 Å². The van der Waals surface area contributed by atoms with Crippen LogP contribution >= 0.6 is 0 Å². The molecule has 0 saturated heterocycles. The zero-order chi connectivity index (χ0) is 12.2. The molecule has 0 radical (unpaired) electrons. The molecule has 0 aliphatic rings. The van der Waals surface area contributed by atoms with E-state index in [1.807, 2.05) is 13.8 Å². The van der Waals surface area contributed by atoms with Gasteiger partial charge in [-0.15, -0.1) is 0 Å². The van der Waals surface area contributed by atoms with Gasteiger partial charge in [0.2, 0.25) is 11.9 Å². The number of unbranched alkanes of at least 4 members (excludes halogenated alkanes) is 2. The summed E-state index contributed by atoms with van der Waals surface area (Å²) in [5.41, 5.74) is 0. The Morgan fingerprint density at radius 2 is 1.94 bits per heavy atom. The molecule has 16 heavy (non-hydrogen) atoms. The van der Waals surface area contributed by atoms with Crippen LogP contribution in [0.1, 0.15) is 47.9 Å².